The predicted molar refractivity (Wildman–Crippen MR) is 91.0 cm³/mol. The highest BCUT2D eigenvalue weighted by Gasteiger charge is 2.17. The zero-order valence-electron chi connectivity index (χ0n) is 12.0. The van der Waals surface area contributed by atoms with E-state index in [9.17, 15) is 4.79 Å². The molecule has 0 bridgehead atoms. The van der Waals surface area contributed by atoms with Gasteiger partial charge < -0.3 is 0 Å². The van der Waals surface area contributed by atoms with E-state index in [4.69, 9.17) is 0 Å². The molecule has 0 aliphatic rings. The third-order valence-electron chi connectivity index (χ3n) is 3.81. The maximum Gasteiger partial charge on any atom is 0.194 e. The molecule has 0 N–H and O–H groups in total. The highest BCUT2D eigenvalue weighted by Crippen LogP contribution is 2.27. The third kappa shape index (κ3) is 2.52. The largest absolute Gasteiger partial charge is 0.289 e. The van der Waals surface area contributed by atoms with Gasteiger partial charge in [-0.25, -0.2) is 0 Å². The first-order chi connectivity index (χ1) is 10.1. The lowest BCUT2D eigenvalue weighted by Crippen LogP contribution is -2.06. The summed E-state index contributed by atoms with van der Waals surface area (Å²) in [5.74, 6) is 0.0862. The second-order valence-electron chi connectivity index (χ2n) is 5.27. The SMILES string of the molecule is Cc1ccc(Br)cc1C(=O)c1c(C)ccc2ccccc12. The third-order valence-corrected chi connectivity index (χ3v) is 4.30. The number of aryl methyl sites for hydroxylation is 2. The Labute approximate surface area is 132 Å². The lowest BCUT2D eigenvalue weighted by atomic mass is 9.91. The maximum atomic E-state index is 13.0. The van der Waals surface area contributed by atoms with E-state index in [1.807, 2.05) is 62.4 Å². The number of carbonyl (C=O) groups is 1. The van der Waals surface area contributed by atoms with Crippen molar-refractivity contribution in [2.75, 3.05) is 0 Å². The minimum atomic E-state index is 0.0862. The smallest absolute Gasteiger partial charge is 0.194 e. The molecule has 0 heterocycles. The van der Waals surface area contributed by atoms with E-state index in [2.05, 4.69) is 22.0 Å². The van der Waals surface area contributed by atoms with Crippen LogP contribution < -0.4 is 0 Å². The van der Waals surface area contributed by atoms with Crippen LogP contribution in [0.25, 0.3) is 10.8 Å². The fourth-order valence-electron chi connectivity index (χ4n) is 2.66. The molecule has 0 aliphatic carbocycles. The van der Waals surface area contributed by atoms with Gasteiger partial charge >= 0.3 is 0 Å². The summed E-state index contributed by atoms with van der Waals surface area (Å²) >= 11 is 3.45. The van der Waals surface area contributed by atoms with Crippen LogP contribution in [0, 0.1) is 13.8 Å². The summed E-state index contributed by atoms with van der Waals surface area (Å²) in [6.45, 7) is 3.97. The van der Waals surface area contributed by atoms with Crippen molar-refractivity contribution in [1.82, 2.24) is 0 Å². The molecule has 104 valence electrons. The van der Waals surface area contributed by atoms with Gasteiger partial charge in [-0.1, -0.05) is 58.4 Å². The number of hydrogen-bond acceptors (Lipinski definition) is 1. The van der Waals surface area contributed by atoms with Crippen molar-refractivity contribution in [2.45, 2.75) is 13.8 Å². The first kappa shape index (κ1) is 14.0. The Morgan fingerprint density at radius 3 is 2.43 bits per heavy atom. The van der Waals surface area contributed by atoms with E-state index in [-0.39, 0.29) is 5.78 Å². The number of halogens is 1. The molecule has 0 unspecified atom stereocenters. The van der Waals surface area contributed by atoms with Gasteiger partial charge in [-0.2, -0.15) is 0 Å². The molecule has 1 nitrogen and oxygen atoms in total. The zero-order valence-corrected chi connectivity index (χ0v) is 13.6. The summed E-state index contributed by atoms with van der Waals surface area (Å²) in [6, 6.07) is 17.9. The van der Waals surface area contributed by atoms with E-state index < -0.39 is 0 Å². The Hall–Kier alpha value is -1.93. The Morgan fingerprint density at radius 2 is 1.62 bits per heavy atom. The minimum Gasteiger partial charge on any atom is -0.289 e. The monoisotopic (exact) mass is 338 g/mol. The number of rotatable bonds is 2. The van der Waals surface area contributed by atoms with Gasteiger partial charge in [0.15, 0.2) is 5.78 Å². The van der Waals surface area contributed by atoms with E-state index in [1.165, 1.54) is 0 Å². The topological polar surface area (TPSA) is 17.1 Å². The lowest BCUT2D eigenvalue weighted by molar-refractivity contribution is 0.103. The zero-order chi connectivity index (χ0) is 15.0. The van der Waals surface area contributed by atoms with Gasteiger partial charge in [-0.05, 0) is 47.9 Å². The Balaban J connectivity index is 2.27. The number of fused-ring (bicyclic) bond motifs is 1. The van der Waals surface area contributed by atoms with Crippen molar-refractivity contribution < 1.29 is 4.79 Å². The fourth-order valence-corrected chi connectivity index (χ4v) is 3.02. The summed E-state index contributed by atoms with van der Waals surface area (Å²) in [7, 11) is 0. The van der Waals surface area contributed by atoms with Crippen molar-refractivity contribution in [3.05, 3.63) is 81.3 Å². The van der Waals surface area contributed by atoms with E-state index in [1.54, 1.807) is 0 Å². The molecular weight excluding hydrogens is 324 g/mol. The molecule has 0 aromatic heterocycles. The van der Waals surface area contributed by atoms with E-state index in [0.29, 0.717) is 0 Å². The Morgan fingerprint density at radius 1 is 0.905 bits per heavy atom. The summed E-state index contributed by atoms with van der Waals surface area (Å²) in [6.07, 6.45) is 0. The molecule has 0 saturated carbocycles. The summed E-state index contributed by atoms with van der Waals surface area (Å²) < 4.78 is 0.925. The Bertz CT molecular complexity index is 849. The van der Waals surface area contributed by atoms with Gasteiger partial charge in [0.05, 0.1) is 0 Å². The molecule has 0 spiro atoms. The van der Waals surface area contributed by atoms with Gasteiger partial charge in [0.25, 0.3) is 0 Å². The van der Waals surface area contributed by atoms with E-state index in [0.717, 1.165) is 37.5 Å². The average Bonchev–Trinajstić information content (AvgIpc) is 2.49. The number of benzene rings is 3. The van der Waals surface area contributed by atoms with Crippen LogP contribution in [-0.4, -0.2) is 5.78 Å². The first-order valence-corrected chi connectivity index (χ1v) is 7.66. The minimum absolute atomic E-state index is 0.0862. The summed E-state index contributed by atoms with van der Waals surface area (Å²) in [4.78, 5) is 13.0. The molecule has 0 amide bonds. The summed E-state index contributed by atoms with van der Waals surface area (Å²) in [5, 5.41) is 2.11. The fraction of sp³-hybridized carbons (Fsp3) is 0.105. The molecule has 21 heavy (non-hydrogen) atoms. The molecule has 0 fully saturated rings. The van der Waals surface area contributed by atoms with Crippen LogP contribution in [-0.2, 0) is 0 Å². The van der Waals surface area contributed by atoms with Crippen molar-refractivity contribution >= 4 is 32.5 Å². The number of hydrogen-bond donors (Lipinski definition) is 0. The number of carbonyl (C=O) groups excluding carboxylic acids is 1. The van der Waals surface area contributed by atoms with E-state index >= 15 is 0 Å². The molecule has 3 aromatic carbocycles. The van der Waals surface area contributed by atoms with Crippen LogP contribution in [0.5, 0.6) is 0 Å². The van der Waals surface area contributed by atoms with Crippen LogP contribution in [0.1, 0.15) is 27.0 Å². The molecule has 0 radical (unpaired) electrons. The molecular formula is C19H15BrO. The van der Waals surface area contributed by atoms with Crippen LogP contribution >= 0.6 is 15.9 Å². The molecule has 2 heteroatoms. The van der Waals surface area contributed by atoms with Crippen LogP contribution in [0.4, 0.5) is 0 Å². The summed E-state index contributed by atoms with van der Waals surface area (Å²) in [5.41, 5.74) is 3.56. The first-order valence-electron chi connectivity index (χ1n) is 6.87. The van der Waals surface area contributed by atoms with Gasteiger partial charge in [0.1, 0.15) is 0 Å². The molecule has 0 saturated heterocycles. The molecule has 3 rings (SSSR count). The van der Waals surface area contributed by atoms with Crippen LogP contribution in [0.15, 0.2) is 59.1 Å². The van der Waals surface area contributed by atoms with Crippen molar-refractivity contribution in [3.8, 4) is 0 Å². The molecule has 0 aliphatic heterocycles. The molecule has 3 aromatic rings. The predicted octanol–water partition coefficient (Wildman–Crippen LogP) is 5.45. The lowest BCUT2D eigenvalue weighted by Gasteiger charge is -2.11. The highest BCUT2D eigenvalue weighted by molar-refractivity contribution is 9.10. The standard InChI is InChI=1S/C19H15BrO/c1-12-8-10-15(20)11-17(12)19(21)18-13(2)7-9-14-5-3-4-6-16(14)18/h3-11H,1-2H3. The highest BCUT2D eigenvalue weighted by atomic mass is 79.9. The van der Waals surface area contributed by atoms with Crippen molar-refractivity contribution in [1.29, 1.82) is 0 Å². The second-order valence-corrected chi connectivity index (χ2v) is 6.18. The van der Waals surface area contributed by atoms with Gasteiger partial charge in [0.2, 0.25) is 0 Å². The normalized spacial score (nSPS) is 10.8. The van der Waals surface area contributed by atoms with Crippen molar-refractivity contribution in [2.24, 2.45) is 0 Å². The second kappa shape index (κ2) is 5.45. The number of ketones is 1. The van der Waals surface area contributed by atoms with Gasteiger partial charge in [-0.3, -0.25) is 4.79 Å². The van der Waals surface area contributed by atoms with Crippen LogP contribution in [0.2, 0.25) is 0 Å². The van der Waals surface area contributed by atoms with Crippen molar-refractivity contribution in [3.63, 3.8) is 0 Å². The van der Waals surface area contributed by atoms with Gasteiger partial charge in [-0.15, -0.1) is 0 Å². The maximum absolute atomic E-state index is 13.0. The van der Waals surface area contributed by atoms with Gasteiger partial charge in [0, 0.05) is 15.6 Å². The average molecular weight is 339 g/mol. The quantitative estimate of drug-likeness (QED) is 0.568. The Kier molecular flexibility index (Phi) is 3.64. The van der Waals surface area contributed by atoms with Crippen LogP contribution in [0.3, 0.4) is 0 Å². The molecule has 0 atom stereocenters.